The first kappa shape index (κ1) is 39.9. The number of hydrogen-bond acceptors (Lipinski definition) is 4. The van der Waals surface area contributed by atoms with Gasteiger partial charge in [0.15, 0.2) is 0 Å². The second-order valence-electron chi connectivity index (χ2n) is 18.4. The molecule has 5 nitrogen and oxygen atoms in total. The Morgan fingerprint density at radius 3 is 1.94 bits per heavy atom. The molecule has 0 spiro atoms. The maximum atomic E-state index is 9.56. The van der Waals surface area contributed by atoms with Crippen LogP contribution in [0.5, 0.6) is 11.5 Å². The van der Waals surface area contributed by atoms with Crippen LogP contribution < -0.4 is 14.5 Å². The zero-order chi connectivity index (χ0) is 48.4. The van der Waals surface area contributed by atoms with Gasteiger partial charge < -0.3 is 19.1 Å². The van der Waals surface area contributed by atoms with Gasteiger partial charge in [-0.3, -0.25) is 0 Å². The molecule has 7 aromatic carbocycles. The van der Waals surface area contributed by atoms with Crippen molar-refractivity contribution in [2.45, 2.75) is 66.6 Å². The Kier molecular flexibility index (Phi) is 11.2. The summed E-state index contributed by atoms with van der Waals surface area (Å²) in [6, 6.07) is 60.4. The van der Waals surface area contributed by atoms with Crippen LogP contribution in [0.3, 0.4) is 0 Å². The van der Waals surface area contributed by atoms with Crippen molar-refractivity contribution in [1.82, 2.24) is 9.55 Å². The van der Waals surface area contributed by atoms with Crippen molar-refractivity contribution < 1.29 is 31.3 Å². The normalized spacial score (nSPS) is 14.0. The fraction of sp³-hybridized carbons (Fsp3) is 0.200. The summed E-state index contributed by atoms with van der Waals surface area (Å²) in [5.74, 6) is 0.607. The van der Waals surface area contributed by atoms with Crippen molar-refractivity contribution in [2.24, 2.45) is 11.8 Å². The standard InChI is InChI=1S/C60H55N4O.Pt/c1-40(2)32-42-28-29-53-51(34-42)52-35-45(33-41(3)4)57(38-56(52)64(53)58-36-46(30-31-61-58)60(5,6)7)65-48-23-16-22-47(37-48)62-39-63(55-27-15-14-26-54(55)62)59-49(43-18-10-8-11-19-43)24-17-25-50(59)44-20-12-9-13-21-44;/h8-31,34-36,39-41H,32-33H2,1-7H3;/q-3;/i32D2,33D2;. The largest absolute Gasteiger partial charge is 0.509 e. The van der Waals surface area contributed by atoms with E-state index < -0.39 is 18.7 Å². The third kappa shape index (κ3) is 8.70. The topological polar surface area (TPSA) is 33.5 Å². The van der Waals surface area contributed by atoms with E-state index in [1.54, 1.807) is 0 Å². The van der Waals surface area contributed by atoms with Crippen LogP contribution in [0.25, 0.3) is 49.9 Å². The van der Waals surface area contributed by atoms with Crippen molar-refractivity contribution in [3.8, 4) is 39.6 Å². The molecule has 6 heteroatoms. The molecule has 0 saturated heterocycles. The average molecular weight is 1050 g/mol. The number of fused-ring (bicyclic) bond motifs is 4. The van der Waals surface area contributed by atoms with Gasteiger partial charge in [0, 0.05) is 77.9 Å². The zero-order valence-electron chi connectivity index (χ0n) is 42.3. The number of para-hydroxylation sites is 3. The minimum absolute atomic E-state index is 0. The predicted octanol–water partition coefficient (Wildman–Crippen LogP) is 16.0. The summed E-state index contributed by atoms with van der Waals surface area (Å²) in [7, 11) is 0. The molecule has 9 aromatic rings. The van der Waals surface area contributed by atoms with Gasteiger partial charge in [-0.1, -0.05) is 169 Å². The van der Waals surface area contributed by atoms with Crippen LogP contribution in [-0.4, -0.2) is 9.55 Å². The van der Waals surface area contributed by atoms with Crippen molar-refractivity contribution in [2.75, 3.05) is 9.80 Å². The third-order valence-corrected chi connectivity index (χ3v) is 11.8. The Hall–Kier alpha value is -6.42. The molecule has 0 fully saturated rings. The Morgan fingerprint density at radius 1 is 0.652 bits per heavy atom. The van der Waals surface area contributed by atoms with Crippen LogP contribution >= 0.6 is 0 Å². The van der Waals surface area contributed by atoms with Gasteiger partial charge in [-0.05, 0) is 75.7 Å². The van der Waals surface area contributed by atoms with Crippen LogP contribution in [-0.2, 0) is 39.2 Å². The summed E-state index contributed by atoms with van der Waals surface area (Å²) < 4.78 is 46.1. The zero-order valence-corrected chi connectivity index (χ0v) is 40.6. The Morgan fingerprint density at radius 2 is 1.29 bits per heavy atom. The number of rotatable bonds is 11. The van der Waals surface area contributed by atoms with Gasteiger partial charge in [0.05, 0.1) is 0 Å². The number of anilines is 4. The fourth-order valence-corrected chi connectivity index (χ4v) is 8.87. The monoisotopic (exact) mass is 1050 g/mol. The predicted molar refractivity (Wildman–Crippen MR) is 271 cm³/mol. The molecule has 1 aliphatic rings. The van der Waals surface area contributed by atoms with Crippen molar-refractivity contribution >= 4 is 44.6 Å². The molecular formula is C60H55N4OPt-3. The minimum atomic E-state index is -1.84. The number of benzene rings is 7. The van der Waals surface area contributed by atoms with E-state index in [0.717, 1.165) is 66.9 Å². The summed E-state index contributed by atoms with van der Waals surface area (Å²) in [6.45, 7) is 16.1. The molecule has 10 rings (SSSR count). The van der Waals surface area contributed by atoms with Crippen LogP contribution in [0.1, 0.15) is 70.6 Å². The fourth-order valence-electron chi connectivity index (χ4n) is 8.87. The molecule has 0 radical (unpaired) electrons. The Balaban J connectivity index is 0.00000608. The summed E-state index contributed by atoms with van der Waals surface area (Å²) in [4.78, 5) is 9.28. The second kappa shape index (κ2) is 18.5. The van der Waals surface area contributed by atoms with E-state index in [0.29, 0.717) is 28.2 Å². The van der Waals surface area contributed by atoms with Gasteiger partial charge in [-0.15, -0.1) is 47.6 Å². The second-order valence-corrected chi connectivity index (χ2v) is 18.4. The van der Waals surface area contributed by atoms with Crippen molar-refractivity contribution in [3.63, 3.8) is 0 Å². The van der Waals surface area contributed by atoms with Crippen molar-refractivity contribution in [3.05, 3.63) is 199 Å². The van der Waals surface area contributed by atoms with E-state index in [1.165, 1.54) is 0 Å². The van der Waals surface area contributed by atoms with Gasteiger partial charge in [-0.25, -0.2) is 4.98 Å². The Bertz CT molecular complexity index is 3310. The van der Waals surface area contributed by atoms with E-state index in [1.807, 2.05) is 105 Å². The molecule has 334 valence electrons. The summed E-state index contributed by atoms with van der Waals surface area (Å²) in [5.41, 5.74) is 11.4. The number of pyridine rings is 1. The molecule has 3 heterocycles. The molecule has 0 atom stereocenters. The van der Waals surface area contributed by atoms with E-state index in [9.17, 15) is 2.74 Å². The summed E-state index contributed by atoms with van der Waals surface area (Å²) in [6.07, 6.45) is -1.62. The Labute approximate surface area is 410 Å². The quantitative estimate of drug-likeness (QED) is 0.121. The molecule has 0 saturated carbocycles. The molecule has 0 amide bonds. The van der Waals surface area contributed by atoms with E-state index in [-0.39, 0.29) is 38.1 Å². The van der Waals surface area contributed by atoms with Gasteiger partial charge in [0.1, 0.15) is 5.82 Å². The van der Waals surface area contributed by atoms with Gasteiger partial charge in [0.25, 0.3) is 0 Å². The molecule has 66 heavy (non-hydrogen) atoms. The van der Waals surface area contributed by atoms with Crippen LogP contribution in [0.4, 0.5) is 22.7 Å². The smallest absolute Gasteiger partial charge is 0.135 e. The molecule has 0 unspecified atom stereocenters. The van der Waals surface area contributed by atoms with Gasteiger partial charge in [-0.2, -0.15) is 12.1 Å². The first-order chi connectivity index (χ1) is 33.0. The van der Waals surface area contributed by atoms with E-state index >= 15 is 0 Å². The average Bonchev–Trinajstić information content (AvgIpc) is 3.89. The molecule has 0 aliphatic carbocycles. The minimum Gasteiger partial charge on any atom is -0.509 e. The first-order valence-corrected chi connectivity index (χ1v) is 22.5. The van der Waals surface area contributed by atoms with Crippen LogP contribution in [0, 0.1) is 30.6 Å². The molecular weight excluding hydrogens is 988 g/mol. The third-order valence-electron chi connectivity index (χ3n) is 11.8. The van der Waals surface area contributed by atoms with E-state index in [4.69, 9.17) is 12.5 Å². The summed E-state index contributed by atoms with van der Waals surface area (Å²) >= 11 is 0. The first-order valence-electron chi connectivity index (χ1n) is 24.5. The number of hydrogen-bond donors (Lipinski definition) is 0. The van der Waals surface area contributed by atoms with Gasteiger partial charge in [0.2, 0.25) is 0 Å². The number of ether oxygens (including phenoxy) is 1. The number of nitrogens with zero attached hydrogens (tertiary/aromatic N) is 4. The number of aromatic nitrogens is 2. The molecule has 2 aromatic heterocycles. The SMILES string of the molecule is [2H]C([2H])(c1ccc2c(c1)c1cc(C([2H])([2H])C(C)C)c(Oc3[c-]c(N4[CH-]N(c5c(-c6ccccc6)cccc5-c5ccccc5)c5ccccc54)ccc3)[c-]c1n2-c1cc(C(C)(C)C)ccn1)C(C)C.[Pt]. The summed E-state index contributed by atoms with van der Waals surface area (Å²) in [5, 5.41) is 1.51. The van der Waals surface area contributed by atoms with Crippen LogP contribution in [0.15, 0.2) is 164 Å². The van der Waals surface area contributed by atoms with Crippen LogP contribution in [0.2, 0.25) is 0 Å². The molecule has 0 N–H and O–H groups in total. The van der Waals surface area contributed by atoms with Crippen molar-refractivity contribution in [1.29, 1.82) is 0 Å². The van der Waals surface area contributed by atoms with Gasteiger partial charge >= 0.3 is 0 Å². The van der Waals surface area contributed by atoms with E-state index in [2.05, 4.69) is 140 Å². The maximum absolute atomic E-state index is 9.56. The molecule has 1 aliphatic heterocycles. The maximum Gasteiger partial charge on any atom is 0.135 e. The molecule has 0 bridgehead atoms.